The SMILES string of the molecule is CCOc1nccnc1N1CCC(NC(=O)c2ccc3cc[nH]c3c2)C1. The number of H-pyrrole nitrogens is 1. The normalized spacial score (nSPS) is 16.8. The lowest BCUT2D eigenvalue weighted by Crippen LogP contribution is -2.37. The fraction of sp³-hybridized carbons (Fsp3) is 0.316. The lowest BCUT2D eigenvalue weighted by atomic mass is 10.1. The van der Waals surface area contributed by atoms with Gasteiger partial charge in [-0.25, -0.2) is 9.97 Å². The summed E-state index contributed by atoms with van der Waals surface area (Å²) >= 11 is 0. The quantitative estimate of drug-likeness (QED) is 0.737. The summed E-state index contributed by atoms with van der Waals surface area (Å²) in [6.45, 7) is 3.96. The predicted molar refractivity (Wildman–Crippen MR) is 99.6 cm³/mol. The molecule has 0 saturated carbocycles. The number of benzene rings is 1. The molecule has 0 bridgehead atoms. The maximum absolute atomic E-state index is 12.6. The van der Waals surface area contributed by atoms with Crippen LogP contribution in [0.25, 0.3) is 10.9 Å². The average Bonchev–Trinajstić information content (AvgIpc) is 3.31. The van der Waals surface area contributed by atoms with E-state index in [1.54, 1.807) is 12.4 Å². The number of rotatable bonds is 5. The Morgan fingerprint density at radius 3 is 3.12 bits per heavy atom. The first-order chi connectivity index (χ1) is 12.7. The summed E-state index contributed by atoms with van der Waals surface area (Å²) in [4.78, 5) is 26.5. The minimum Gasteiger partial charge on any atom is -0.475 e. The van der Waals surface area contributed by atoms with Crippen LogP contribution in [-0.2, 0) is 0 Å². The first-order valence-electron chi connectivity index (χ1n) is 8.81. The summed E-state index contributed by atoms with van der Waals surface area (Å²) in [5.41, 5.74) is 1.62. The van der Waals surface area contributed by atoms with Crippen molar-refractivity contribution >= 4 is 22.6 Å². The van der Waals surface area contributed by atoms with Gasteiger partial charge in [0, 0.05) is 48.8 Å². The van der Waals surface area contributed by atoms with Crippen LogP contribution < -0.4 is 15.0 Å². The molecule has 3 heterocycles. The van der Waals surface area contributed by atoms with Crippen molar-refractivity contribution in [3.05, 3.63) is 48.4 Å². The Balaban J connectivity index is 1.43. The van der Waals surface area contributed by atoms with E-state index in [0.717, 1.165) is 29.7 Å². The van der Waals surface area contributed by atoms with E-state index in [-0.39, 0.29) is 11.9 Å². The number of amides is 1. The van der Waals surface area contributed by atoms with Gasteiger partial charge in [-0.1, -0.05) is 6.07 Å². The summed E-state index contributed by atoms with van der Waals surface area (Å²) in [5.74, 6) is 1.22. The number of carbonyl (C=O) groups excluding carboxylic acids is 1. The van der Waals surface area contributed by atoms with Gasteiger partial charge < -0.3 is 19.9 Å². The van der Waals surface area contributed by atoms with Crippen LogP contribution in [0.15, 0.2) is 42.9 Å². The molecule has 134 valence electrons. The molecule has 2 aromatic heterocycles. The van der Waals surface area contributed by atoms with E-state index in [0.29, 0.717) is 24.6 Å². The summed E-state index contributed by atoms with van der Waals surface area (Å²) in [5, 5.41) is 4.22. The number of hydrogen-bond donors (Lipinski definition) is 2. The van der Waals surface area contributed by atoms with Crippen molar-refractivity contribution in [1.82, 2.24) is 20.3 Å². The third-order valence-corrected chi connectivity index (χ3v) is 4.57. The number of aromatic nitrogens is 3. The number of aromatic amines is 1. The van der Waals surface area contributed by atoms with Crippen molar-refractivity contribution in [1.29, 1.82) is 0 Å². The fourth-order valence-electron chi connectivity index (χ4n) is 3.30. The molecule has 7 heteroatoms. The molecule has 1 unspecified atom stereocenters. The zero-order valence-electron chi connectivity index (χ0n) is 14.6. The van der Waals surface area contributed by atoms with Gasteiger partial charge in [0.25, 0.3) is 11.8 Å². The van der Waals surface area contributed by atoms with Gasteiger partial charge in [0.15, 0.2) is 5.82 Å². The van der Waals surface area contributed by atoms with Gasteiger partial charge in [0.2, 0.25) is 0 Å². The zero-order chi connectivity index (χ0) is 17.9. The van der Waals surface area contributed by atoms with Crippen molar-refractivity contribution in [2.75, 3.05) is 24.6 Å². The molecule has 1 aromatic carbocycles. The van der Waals surface area contributed by atoms with E-state index in [4.69, 9.17) is 4.74 Å². The van der Waals surface area contributed by atoms with Crippen molar-refractivity contribution in [3.63, 3.8) is 0 Å². The molecule has 0 radical (unpaired) electrons. The van der Waals surface area contributed by atoms with Crippen LogP contribution in [0.5, 0.6) is 5.88 Å². The molecule has 1 fully saturated rings. The lowest BCUT2D eigenvalue weighted by molar-refractivity contribution is 0.0940. The number of carbonyl (C=O) groups is 1. The first-order valence-corrected chi connectivity index (χ1v) is 8.81. The third kappa shape index (κ3) is 3.20. The topological polar surface area (TPSA) is 83.1 Å². The molecule has 4 rings (SSSR count). The molecular weight excluding hydrogens is 330 g/mol. The monoisotopic (exact) mass is 351 g/mol. The van der Waals surface area contributed by atoms with Crippen LogP contribution in [0, 0.1) is 0 Å². The highest BCUT2D eigenvalue weighted by atomic mass is 16.5. The van der Waals surface area contributed by atoms with Gasteiger partial charge in [-0.15, -0.1) is 0 Å². The van der Waals surface area contributed by atoms with E-state index in [9.17, 15) is 4.79 Å². The van der Waals surface area contributed by atoms with Crippen LogP contribution in [0.1, 0.15) is 23.7 Å². The highest BCUT2D eigenvalue weighted by Crippen LogP contribution is 2.26. The van der Waals surface area contributed by atoms with E-state index >= 15 is 0 Å². The van der Waals surface area contributed by atoms with Crippen molar-refractivity contribution in [3.8, 4) is 5.88 Å². The van der Waals surface area contributed by atoms with Crippen molar-refractivity contribution in [2.45, 2.75) is 19.4 Å². The number of fused-ring (bicyclic) bond motifs is 1. The number of nitrogens with one attached hydrogen (secondary N) is 2. The Morgan fingerprint density at radius 1 is 1.35 bits per heavy atom. The molecule has 1 aliphatic heterocycles. The maximum atomic E-state index is 12.6. The fourth-order valence-corrected chi connectivity index (χ4v) is 3.30. The second kappa shape index (κ2) is 7.03. The molecule has 26 heavy (non-hydrogen) atoms. The molecule has 1 amide bonds. The second-order valence-corrected chi connectivity index (χ2v) is 6.30. The Labute approximate surface area is 151 Å². The van der Waals surface area contributed by atoms with Crippen LogP contribution in [0.4, 0.5) is 5.82 Å². The summed E-state index contributed by atoms with van der Waals surface area (Å²) < 4.78 is 5.56. The standard InChI is InChI=1S/C19H21N5O2/c1-2-26-19-17(21-8-9-22-19)24-10-6-15(12-24)23-18(25)14-4-3-13-5-7-20-16(13)11-14/h3-5,7-9,11,15,20H,2,6,10,12H2,1H3,(H,23,25). The van der Waals surface area contributed by atoms with Crippen LogP contribution >= 0.6 is 0 Å². The molecule has 0 aliphatic carbocycles. The molecule has 1 aliphatic rings. The highest BCUT2D eigenvalue weighted by Gasteiger charge is 2.27. The average molecular weight is 351 g/mol. The van der Waals surface area contributed by atoms with Gasteiger partial charge >= 0.3 is 0 Å². The van der Waals surface area contributed by atoms with E-state index < -0.39 is 0 Å². The second-order valence-electron chi connectivity index (χ2n) is 6.30. The zero-order valence-corrected chi connectivity index (χ0v) is 14.6. The molecule has 2 N–H and O–H groups in total. The lowest BCUT2D eigenvalue weighted by Gasteiger charge is -2.19. The smallest absolute Gasteiger partial charge is 0.257 e. The first kappa shape index (κ1) is 16.4. The van der Waals surface area contributed by atoms with Crippen molar-refractivity contribution in [2.24, 2.45) is 0 Å². The molecule has 3 aromatic rings. The Bertz CT molecular complexity index is 923. The van der Waals surface area contributed by atoms with Gasteiger partial charge in [0.05, 0.1) is 6.61 Å². The maximum Gasteiger partial charge on any atom is 0.257 e. The number of anilines is 1. The van der Waals surface area contributed by atoms with Gasteiger partial charge in [-0.2, -0.15) is 0 Å². The minimum atomic E-state index is -0.0578. The minimum absolute atomic E-state index is 0.0578. The summed E-state index contributed by atoms with van der Waals surface area (Å²) in [6.07, 6.45) is 6.02. The Morgan fingerprint density at radius 2 is 2.23 bits per heavy atom. The molecule has 0 spiro atoms. The molecule has 1 atom stereocenters. The Hall–Kier alpha value is -3.09. The molecule has 7 nitrogen and oxygen atoms in total. The largest absolute Gasteiger partial charge is 0.475 e. The van der Waals surface area contributed by atoms with E-state index in [1.165, 1.54) is 0 Å². The third-order valence-electron chi connectivity index (χ3n) is 4.57. The number of nitrogens with zero attached hydrogens (tertiary/aromatic N) is 3. The molecular formula is C19H21N5O2. The summed E-state index contributed by atoms with van der Waals surface area (Å²) in [7, 11) is 0. The predicted octanol–water partition coefficient (Wildman–Crippen LogP) is 2.37. The Kier molecular flexibility index (Phi) is 4.43. The van der Waals surface area contributed by atoms with Gasteiger partial charge in [-0.05, 0) is 36.9 Å². The summed E-state index contributed by atoms with van der Waals surface area (Å²) in [6, 6.07) is 7.75. The van der Waals surface area contributed by atoms with Gasteiger partial charge in [-0.3, -0.25) is 4.79 Å². The van der Waals surface area contributed by atoms with Crippen LogP contribution in [0.2, 0.25) is 0 Å². The molecule has 1 saturated heterocycles. The van der Waals surface area contributed by atoms with E-state index in [1.807, 2.05) is 37.4 Å². The van der Waals surface area contributed by atoms with Gasteiger partial charge in [0.1, 0.15) is 0 Å². The highest BCUT2D eigenvalue weighted by molar-refractivity contribution is 5.98. The van der Waals surface area contributed by atoms with Crippen molar-refractivity contribution < 1.29 is 9.53 Å². The van der Waals surface area contributed by atoms with E-state index in [2.05, 4.69) is 25.2 Å². The van der Waals surface area contributed by atoms with Crippen LogP contribution in [-0.4, -0.2) is 46.6 Å². The van der Waals surface area contributed by atoms with Crippen LogP contribution in [0.3, 0.4) is 0 Å². The number of ether oxygens (including phenoxy) is 1. The number of hydrogen-bond acceptors (Lipinski definition) is 5.